The number of benzene rings is 3. The third-order valence-corrected chi connectivity index (χ3v) is 4.12. The van der Waals surface area contributed by atoms with E-state index in [1.165, 1.54) is 20.3 Å². The molecular weight excluding hydrogens is 342 g/mol. The highest BCUT2D eigenvalue weighted by Gasteiger charge is 2.15. The second-order valence-corrected chi connectivity index (χ2v) is 5.80. The minimum Gasteiger partial charge on any atom is -0.496 e. The fourth-order valence-electron chi connectivity index (χ4n) is 2.70. The van der Waals surface area contributed by atoms with Gasteiger partial charge in [0.15, 0.2) is 0 Å². The lowest BCUT2D eigenvalue weighted by atomic mass is 10.0. The number of ether oxygens (including phenoxy) is 2. The molecule has 27 heavy (non-hydrogen) atoms. The summed E-state index contributed by atoms with van der Waals surface area (Å²) in [4.78, 5) is 24.4. The van der Waals surface area contributed by atoms with Crippen LogP contribution >= 0.6 is 0 Å². The average molecular weight is 361 g/mol. The second-order valence-electron chi connectivity index (χ2n) is 5.80. The van der Waals surface area contributed by atoms with Gasteiger partial charge >= 0.3 is 5.97 Å². The van der Waals surface area contributed by atoms with Crippen LogP contribution in [-0.2, 0) is 4.74 Å². The Morgan fingerprint density at radius 3 is 2.11 bits per heavy atom. The van der Waals surface area contributed by atoms with Gasteiger partial charge in [-0.1, -0.05) is 42.5 Å². The van der Waals surface area contributed by atoms with Crippen molar-refractivity contribution in [2.24, 2.45) is 0 Å². The molecule has 5 heteroatoms. The van der Waals surface area contributed by atoms with Crippen LogP contribution < -0.4 is 10.1 Å². The third kappa shape index (κ3) is 4.15. The van der Waals surface area contributed by atoms with Crippen molar-refractivity contribution in [1.29, 1.82) is 0 Å². The topological polar surface area (TPSA) is 64.6 Å². The van der Waals surface area contributed by atoms with Gasteiger partial charge in [-0.15, -0.1) is 0 Å². The number of carbonyl (C=O) groups excluding carboxylic acids is 2. The number of esters is 1. The molecule has 0 aromatic heterocycles. The summed E-state index contributed by atoms with van der Waals surface area (Å²) in [7, 11) is 2.76. The number of methoxy groups -OCH3 is 2. The van der Waals surface area contributed by atoms with Crippen LogP contribution in [-0.4, -0.2) is 26.1 Å². The molecule has 0 aliphatic carbocycles. The van der Waals surface area contributed by atoms with E-state index in [4.69, 9.17) is 9.47 Å². The van der Waals surface area contributed by atoms with Crippen LogP contribution in [0.1, 0.15) is 20.7 Å². The predicted molar refractivity (Wildman–Crippen MR) is 104 cm³/mol. The van der Waals surface area contributed by atoms with Crippen LogP contribution in [0.4, 0.5) is 5.69 Å². The smallest absolute Gasteiger partial charge is 0.341 e. The molecule has 1 amide bonds. The van der Waals surface area contributed by atoms with Crippen LogP contribution in [0.2, 0.25) is 0 Å². The Bertz CT molecular complexity index is 950. The van der Waals surface area contributed by atoms with Crippen LogP contribution in [0.25, 0.3) is 11.1 Å². The van der Waals surface area contributed by atoms with E-state index >= 15 is 0 Å². The van der Waals surface area contributed by atoms with E-state index in [1.54, 1.807) is 24.3 Å². The Morgan fingerprint density at radius 1 is 0.815 bits per heavy atom. The molecule has 0 saturated heterocycles. The summed E-state index contributed by atoms with van der Waals surface area (Å²) in [5, 5.41) is 2.79. The highest BCUT2D eigenvalue weighted by molar-refractivity contribution is 6.05. The van der Waals surface area contributed by atoms with Gasteiger partial charge in [-0.25, -0.2) is 4.79 Å². The molecule has 0 bridgehead atoms. The molecule has 0 fully saturated rings. The zero-order chi connectivity index (χ0) is 19.2. The van der Waals surface area contributed by atoms with Crippen molar-refractivity contribution in [3.05, 3.63) is 83.9 Å². The normalized spacial score (nSPS) is 10.1. The van der Waals surface area contributed by atoms with E-state index in [0.29, 0.717) is 17.0 Å². The Balaban J connectivity index is 1.78. The zero-order valence-corrected chi connectivity index (χ0v) is 15.1. The maximum Gasteiger partial charge on any atom is 0.341 e. The average Bonchev–Trinajstić information content (AvgIpc) is 2.73. The first-order valence-corrected chi connectivity index (χ1v) is 8.35. The van der Waals surface area contributed by atoms with E-state index in [-0.39, 0.29) is 11.5 Å². The van der Waals surface area contributed by atoms with E-state index in [0.717, 1.165) is 11.1 Å². The summed E-state index contributed by atoms with van der Waals surface area (Å²) in [6.45, 7) is 0. The van der Waals surface area contributed by atoms with Gasteiger partial charge in [0.2, 0.25) is 0 Å². The number of nitrogens with one attached hydrogen (secondary N) is 1. The Morgan fingerprint density at radius 2 is 1.48 bits per heavy atom. The van der Waals surface area contributed by atoms with E-state index < -0.39 is 5.97 Å². The van der Waals surface area contributed by atoms with E-state index in [2.05, 4.69) is 5.32 Å². The summed E-state index contributed by atoms with van der Waals surface area (Å²) in [6.07, 6.45) is 0. The fraction of sp³-hybridized carbons (Fsp3) is 0.0909. The lowest BCUT2D eigenvalue weighted by Gasteiger charge is -2.11. The van der Waals surface area contributed by atoms with Gasteiger partial charge in [0.25, 0.3) is 5.91 Å². The molecule has 1 N–H and O–H groups in total. The third-order valence-electron chi connectivity index (χ3n) is 4.12. The number of hydrogen-bond acceptors (Lipinski definition) is 4. The van der Waals surface area contributed by atoms with Gasteiger partial charge in [-0.3, -0.25) is 4.79 Å². The van der Waals surface area contributed by atoms with Gasteiger partial charge in [0.05, 0.1) is 14.2 Å². The summed E-state index contributed by atoms with van der Waals surface area (Å²) in [5.74, 6) is -0.419. The van der Waals surface area contributed by atoms with Crippen LogP contribution in [0.5, 0.6) is 5.75 Å². The zero-order valence-electron chi connectivity index (χ0n) is 15.1. The van der Waals surface area contributed by atoms with Gasteiger partial charge in [0.1, 0.15) is 11.3 Å². The SMILES string of the molecule is COC(=O)c1cc(NC(=O)c2ccc(-c3ccccc3)cc2)ccc1OC. The number of anilines is 1. The van der Waals surface area contributed by atoms with Gasteiger partial charge in [0, 0.05) is 11.3 Å². The summed E-state index contributed by atoms with van der Waals surface area (Å²) < 4.78 is 9.90. The molecule has 0 radical (unpaired) electrons. The molecule has 0 aliphatic heterocycles. The predicted octanol–water partition coefficient (Wildman–Crippen LogP) is 4.40. The first-order chi connectivity index (χ1) is 13.1. The monoisotopic (exact) mass is 361 g/mol. The van der Waals surface area contributed by atoms with E-state index in [9.17, 15) is 9.59 Å². The lowest BCUT2D eigenvalue weighted by molar-refractivity contribution is 0.0597. The molecule has 3 rings (SSSR count). The van der Waals surface area contributed by atoms with Crippen molar-refractivity contribution in [2.75, 3.05) is 19.5 Å². The van der Waals surface area contributed by atoms with Gasteiger partial charge < -0.3 is 14.8 Å². The minimum absolute atomic E-state index is 0.247. The number of carbonyl (C=O) groups is 2. The van der Waals surface area contributed by atoms with Crippen LogP contribution in [0, 0.1) is 0 Å². The molecule has 5 nitrogen and oxygen atoms in total. The largest absolute Gasteiger partial charge is 0.496 e. The molecule has 3 aromatic carbocycles. The van der Waals surface area contributed by atoms with Crippen molar-refractivity contribution in [3.8, 4) is 16.9 Å². The van der Waals surface area contributed by atoms with E-state index in [1.807, 2.05) is 42.5 Å². The molecule has 0 atom stereocenters. The Kier molecular flexibility index (Phi) is 5.52. The number of hydrogen-bond donors (Lipinski definition) is 1. The van der Waals surface area contributed by atoms with Crippen LogP contribution in [0.15, 0.2) is 72.8 Å². The molecule has 136 valence electrons. The maximum absolute atomic E-state index is 12.5. The molecule has 0 spiro atoms. The lowest BCUT2D eigenvalue weighted by Crippen LogP contribution is -2.13. The summed E-state index contributed by atoms with van der Waals surface area (Å²) in [5.41, 5.74) is 3.36. The van der Waals surface area contributed by atoms with Crippen molar-refractivity contribution in [1.82, 2.24) is 0 Å². The second kappa shape index (κ2) is 8.19. The van der Waals surface area contributed by atoms with Gasteiger partial charge in [-0.05, 0) is 41.5 Å². The fourth-order valence-corrected chi connectivity index (χ4v) is 2.70. The summed E-state index contributed by atoms with van der Waals surface area (Å²) in [6, 6.07) is 22.1. The molecule has 3 aromatic rings. The molecule has 0 aliphatic rings. The van der Waals surface area contributed by atoms with Crippen molar-refractivity contribution in [2.45, 2.75) is 0 Å². The quantitative estimate of drug-likeness (QED) is 0.684. The van der Waals surface area contributed by atoms with Crippen molar-refractivity contribution < 1.29 is 19.1 Å². The minimum atomic E-state index is -0.532. The van der Waals surface area contributed by atoms with Crippen molar-refractivity contribution in [3.63, 3.8) is 0 Å². The molecule has 0 unspecified atom stereocenters. The molecule has 0 heterocycles. The first-order valence-electron chi connectivity index (χ1n) is 8.35. The Hall–Kier alpha value is -3.60. The first kappa shape index (κ1) is 18.2. The molecule has 0 saturated carbocycles. The van der Waals surface area contributed by atoms with Gasteiger partial charge in [-0.2, -0.15) is 0 Å². The summed E-state index contributed by atoms with van der Waals surface area (Å²) >= 11 is 0. The Labute approximate surface area is 157 Å². The number of rotatable bonds is 5. The maximum atomic E-state index is 12.5. The molecular formula is C22H19NO4. The van der Waals surface area contributed by atoms with Crippen LogP contribution in [0.3, 0.4) is 0 Å². The number of amides is 1. The highest BCUT2D eigenvalue weighted by atomic mass is 16.5. The van der Waals surface area contributed by atoms with Crippen molar-refractivity contribution >= 4 is 17.6 Å². The standard InChI is InChI=1S/C22H19NO4/c1-26-20-13-12-18(14-19(20)22(25)27-2)23-21(24)17-10-8-16(9-11-17)15-6-4-3-5-7-15/h3-14H,1-2H3,(H,23,24). The highest BCUT2D eigenvalue weighted by Crippen LogP contribution is 2.24.